The number of imide groups is 1. The van der Waals surface area contributed by atoms with Gasteiger partial charge in [0.05, 0.1) is 36.8 Å². The van der Waals surface area contributed by atoms with Crippen molar-refractivity contribution < 1.29 is 14.3 Å². The number of carbonyl (C=O) groups excluding carboxylic acids is 2. The second-order valence-electron chi connectivity index (χ2n) is 4.51. The second-order valence-corrected chi connectivity index (χ2v) is 4.51. The fourth-order valence-corrected chi connectivity index (χ4v) is 2.16. The number of methoxy groups -OCH3 is 1. The summed E-state index contributed by atoms with van der Waals surface area (Å²) in [7, 11) is 1.54. The monoisotopic (exact) mass is 283 g/mol. The number of pyridine rings is 1. The number of nitrogens with zero attached hydrogens (tertiary/aromatic N) is 2. The lowest BCUT2D eigenvalue weighted by Gasteiger charge is -2.15. The van der Waals surface area contributed by atoms with Crippen LogP contribution in [0, 0.1) is 0 Å². The van der Waals surface area contributed by atoms with Gasteiger partial charge < -0.3 is 10.1 Å². The minimum atomic E-state index is -0.287. The Balaban J connectivity index is 1.72. The van der Waals surface area contributed by atoms with E-state index in [1.807, 2.05) is 0 Å². The van der Waals surface area contributed by atoms with Crippen LogP contribution in [0.2, 0.25) is 0 Å². The maximum absolute atomic E-state index is 12.2. The molecule has 21 heavy (non-hydrogen) atoms. The molecule has 1 aliphatic heterocycles. The van der Waals surface area contributed by atoms with Crippen LogP contribution in [0.5, 0.6) is 5.88 Å². The van der Waals surface area contributed by atoms with Crippen LogP contribution in [0.25, 0.3) is 0 Å². The Bertz CT molecular complexity index is 663. The zero-order chi connectivity index (χ0) is 14.8. The van der Waals surface area contributed by atoms with E-state index in [0.29, 0.717) is 22.7 Å². The largest absolute Gasteiger partial charge is 0.481 e. The number of fused-ring (bicyclic) bond motifs is 1. The molecule has 2 amide bonds. The number of rotatable bonds is 4. The highest BCUT2D eigenvalue weighted by Gasteiger charge is 2.34. The maximum Gasteiger partial charge on any atom is 0.263 e. The van der Waals surface area contributed by atoms with Crippen LogP contribution in [0.4, 0.5) is 5.69 Å². The number of benzene rings is 1. The summed E-state index contributed by atoms with van der Waals surface area (Å²) in [5, 5.41) is 3.00. The average molecular weight is 283 g/mol. The van der Waals surface area contributed by atoms with E-state index >= 15 is 0 Å². The fraction of sp³-hybridized carbons (Fsp3) is 0.133. The molecule has 0 spiro atoms. The molecule has 0 aliphatic carbocycles. The van der Waals surface area contributed by atoms with Crippen LogP contribution in [0.15, 0.2) is 42.6 Å². The molecular weight excluding hydrogens is 270 g/mol. The highest BCUT2D eigenvalue weighted by Crippen LogP contribution is 2.22. The molecule has 0 unspecified atom stereocenters. The second kappa shape index (κ2) is 5.24. The van der Waals surface area contributed by atoms with Crippen LogP contribution >= 0.6 is 0 Å². The summed E-state index contributed by atoms with van der Waals surface area (Å²) < 4.78 is 4.97. The van der Waals surface area contributed by atoms with Crippen molar-refractivity contribution in [2.24, 2.45) is 0 Å². The lowest BCUT2D eigenvalue weighted by atomic mass is 10.1. The molecule has 1 aromatic heterocycles. The van der Waals surface area contributed by atoms with E-state index in [4.69, 9.17) is 4.74 Å². The van der Waals surface area contributed by atoms with E-state index < -0.39 is 0 Å². The number of ether oxygens (including phenoxy) is 1. The number of amides is 2. The van der Waals surface area contributed by atoms with Crippen LogP contribution in [0.1, 0.15) is 20.7 Å². The van der Waals surface area contributed by atoms with Gasteiger partial charge in [0.15, 0.2) is 0 Å². The van der Waals surface area contributed by atoms with Gasteiger partial charge in [-0.1, -0.05) is 12.1 Å². The lowest BCUT2D eigenvalue weighted by Crippen LogP contribution is -2.34. The minimum Gasteiger partial charge on any atom is -0.481 e. The van der Waals surface area contributed by atoms with Gasteiger partial charge in [-0.05, 0) is 18.2 Å². The zero-order valence-corrected chi connectivity index (χ0v) is 11.4. The highest BCUT2D eigenvalue weighted by atomic mass is 16.5. The van der Waals surface area contributed by atoms with Crippen molar-refractivity contribution in [3.8, 4) is 5.88 Å². The molecule has 0 atom stereocenters. The Morgan fingerprint density at radius 2 is 1.76 bits per heavy atom. The van der Waals surface area contributed by atoms with Gasteiger partial charge in [-0.25, -0.2) is 4.98 Å². The van der Waals surface area contributed by atoms with E-state index in [1.54, 1.807) is 42.6 Å². The van der Waals surface area contributed by atoms with Gasteiger partial charge in [0.1, 0.15) is 0 Å². The van der Waals surface area contributed by atoms with Gasteiger partial charge in [-0.3, -0.25) is 14.5 Å². The predicted molar refractivity (Wildman–Crippen MR) is 76.2 cm³/mol. The molecule has 1 aromatic carbocycles. The summed E-state index contributed by atoms with van der Waals surface area (Å²) in [6.07, 6.45) is 1.58. The summed E-state index contributed by atoms with van der Waals surface area (Å²) in [5.41, 5.74) is 1.58. The molecule has 1 aliphatic rings. The van der Waals surface area contributed by atoms with Crippen molar-refractivity contribution in [1.29, 1.82) is 0 Å². The standard InChI is InChI=1S/C15H13N3O3/c1-21-13-7-6-10(8-16-13)17-9-18-14(19)11-4-2-3-5-12(11)15(18)20/h2-8,17H,9H2,1H3. The summed E-state index contributed by atoms with van der Waals surface area (Å²) in [5.74, 6) is -0.0737. The van der Waals surface area contributed by atoms with Crippen molar-refractivity contribution in [3.63, 3.8) is 0 Å². The molecule has 3 rings (SSSR count). The number of carbonyl (C=O) groups is 2. The van der Waals surface area contributed by atoms with Crippen LogP contribution in [0.3, 0.4) is 0 Å². The Morgan fingerprint density at radius 1 is 1.10 bits per heavy atom. The van der Waals surface area contributed by atoms with Crippen LogP contribution in [-0.2, 0) is 0 Å². The third-order valence-corrected chi connectivity index (χ3v) is 3.26. The minimum absolute atomic E-state index is 0.0976. The quantitative estimate of drug-likeness (QED) is 0.866. The van der Waals surface area contributed by atoms with Crippen molar-refractivity contribution in [1.82, 2.24) is 9.88 Å². The maximum atomic E-state index is 12.2. The van der Waals surface area contributed by atoms with Gasteiger partial charge in [0.25, 0.3) is 11.8 Å². The van der Waals surface area contributed by atoms with Crippen molar-refractivity contribution in [2.45, 2.75) is 0 Å². The molecule has 6 nitrogen and oxygen atoms in total. The number of anilines is 1. The number of aromatic nitrogens is 1. The third-order valence-electron chi connectivity index (χ3n) is 3.26. The molecule has 0 saturated heterocycles. The first-order chi connectivity index (χ1) is 10.2. The van der Waals surface area contributed by atoms with E-state index in [-0.39, 0.29) is 18.5 Å². The molecule has 106 valence electrons. The molecule has 1 N–H and O–H groups in total. The molecule has 2 aromatic rings. The van der Waals surface area contributed by atoms with E-state index in [0.717, 1.165) is 0 Å². The Labute approximate surface area is 121 Å². The average Bonchev–Trinajstić information content (AvgIpc) is 2.78. The molecule has 0 saturated carbocycles. The lowest BCUT2D eigenvalue weighted by molar-refractivity contribution is 0.0666. The third kappa shape index (κ3) is 2.31. The smallest absolute Gasteiger partial charge is 0.263 e. The summed E-state index contributed by atoms with van der Waals surface area (Å²) in [6.45, 7) is 0.0976. The normalized spacial score (nSPS) is 13.3. The van der Waals surface area contributed by atoms with Crippen molar-refractivity contribution in [3.05, 3.63) is 53.7 Å². The van der Waals surface area contributed by atoms with Crippen molar-refractivity contribution >= 4 is 17.5 Å². The van der Waals surface area contributed by atoms with E-state index in [9.17, 15) is 9.59 Å². The number of hydrogen-bond acceptors (Lipinski definition) is 5. The van der Waals surface area contributed by atoms with Gasteiger partial charge in [0, 0.05) is 6.07 Å². The number of hydrogen-bond donors (Lipinski definition) is 1. The fourth-order valence-electron chi connectivity index (χ4n) is 2.16. The zero-order valence-electron chi connectivity index (χ0n) is 11.4. The molecular formula is C15H13N3O3. The molecule has 0 bridgehead atoms. The van der Waals surface area contributed by atoms with Gasteiger partial charge in [0.2, 0.25) is 5.88 Å². The topological polar surface area (TPSA) is 71.5 Å². The SMILES string of the molecule is COc1ccc(NCN2C(=O)c3ccccc3C2=O)cn1. The highest BCUT2D eigenvalue weighted by molar-refractivity contribution is 6.21. The first-order valence-corrected chi connectivity index (χ1v) is 6.40. The number of nitrogens with one attached hydrogen (secondary N) is 1. The molecule has 0 fully saturated rings. The van der Waals surface area contributed by atoms with E-state index in [2.05, 4.69) is 10.3 Å². The molecule has 2 heterocycles. The Kier molecular flexibility index (Phi) is 3.27. The van der Waals surface area contributed by atoms with Gasteiger partial charge in [-0.2, -0.15) is 0 Å². The first kappa shape index (κ1) is 13.1. The first-order valence-electron chi connectivity index (χ1n) is 6.40. The molecule has 6 heteroatoms. The van der Waals surface area contributed by atoms with Gasteiger partial charge >= 0.3 is 0 Å². The summed E-state index contributed by atoms with van der Waals surface area (Å²) >= 11 is 0. The van der Waals surface area contributed by atoms with Crippen LogP contribution < -0.4 is 10.1 Å². The van der Waals surface area contributed by atoms with E-state index in [1.165, 1.54) is 12.0 Å². The van der Waals surface area contributed by atoms with Gasteiger partial charge in [-0.15, -0.1) is 0 Å². The predicted octanol–water partition coefficient (Wildman–Crippen LogP) is 1.76. The van der Waals surface area contributed by atoms with Crippen LogP contribution in [-0.4, -0.2) is 35.5 Å². The Morgan fingerprint density at radius 3 is 2.29 bits per heavy atom. The summed E-state index contributed by atoms with van der Waals surface area (Å²) in [6, 6.07) is 10.3. The summed E-state index contributed by atoms with van der Waals surface area (Å²) in [4.78, 5) is 29.5. The molecule has 0 radical (unpaired) electrons. The Hall–Kier alpha value is -2.89. The van der Waals surface area contributed by atoms with Crippen molar-refractivity contribution in [2.75, 3.05) is 19.1 Å².